The zero-order chi connectivity index (χ0) is 16.9. The maximum Gasteiger partial charge on any atom is 0.243 e. The van der Waals surface area contributed by atoms with Gasteiger partial charge < -0.3 is 4.90 Å². The van der Waals surface area contributed by atoms with Gasteiger partial charge in [-0.2, -0.15) is 4.31 Å². The van der Waals surface area contributed by atoms with Gasteiger partial charge in [-0.25, -0.2) is 8.42 Å². The third-order valence-electron chi connectivity index (χ3n) is 5.60. The topological polar surface area (TPSA) is 57.7 Å². The highest BCUT2D eigenvalue weighted by Gasteiger charge is 2.39. The summed E-state index contributed by atoms with van der Waals surface area (Å²) in [5.74, 6) is -0.133. The van der Waals surface area contributed by atoms with Crippen molar-refractivity contribution in [3.63, 3.8) is 0 Å². The van der Waals surface area contributed by atoms with Gasteiger partial charge in [-0.1, -0.05) is 12.8 Å². The smallest absolute Gasteiger partial charge is 0.243 e. The number of sulfonamides is 1. The van der Waals surface area contributed by atoms with Crippen LogP contribution >= 0.6 is 0 Å². The molecule has 1 fully saturated rings. The first-order valence-corrected chi connectivity index (χ1v) is 10.4. The summed E-state index contributed by atoms with van der Waals surface area (Å²) < 4.78 is 27.9. The number of rotatable bonds is 2. The van der Waals surface area contributed by atoms with Crippen LogP contribution in [0.4, 0.5) is 5.69 Å². The average Bonchev–Trinajstić information content (AvgIpc) is 2.80. The van der Waals surface area contributed by atoms with Crippen molar-refractivity contribution in [2.75, 3.05) is 24.5 Å². The second-order valence-corrected chi connectivity index (χ2v) is 9.09. The fourth-order valence-corrected chi connectivity index (χ4v) is 5.85. The van der Waals surface area contributed by atoms with Gasteiger partial charge in [0.15, 0.2) is 0 Å². The van der Waals surface area contributed by atoms with Crippen molar-refractivity contribution in [2.24, 2.45) is 0 Å². The van der Waals surface area contributed by atoms with E-state index in [1.165, 1.54) is 0 Å². The Morgan fingerprint density at radius 2 is 1.71 bits per heavy atom. The molecule has 0 spiro atoms. The Morgan fingerprint density at radius 1 is 1.00 bits per heavy atom. The minimum absolute atomic E-state index is 0.107. The highest BCUT2D eigenvalue weighted by molar-refractivity contribution is 7.89. The summed E-state index contributed by atoms with van der Waals surface area (Å²) in [5, 5.41) is 0. The number of aryl methyl sites for hydroxylation is 1. The van der Waals surface area contributed by atoms with E-state index < -0.39 is 10.0 Å². The van der Waals surface area contributed by atoms with Gasteiger partial charge in [0, 0.05) is 19.6 Å². The molecule has 3 aliphatic rings. The molecule has 4 rings (SSSR count). The first-order valence-electron chi connectivity index (χ1n) is 8.98. The van der Waals surface area contributed by atoms with E-state index in [9.17, 15) is 13.2 Å². The number of benzene rings is 1. The first-order chi connectivity index (χ1) is 11.5. The van der Waals surface area contributed by atoms with Crippen molar-refractivity contribution in [3.05, 3.63) is 23.3 Å². The molecule has 0 N–H and O–H groups in total. The molecule has 0 aliphatic carbocycles. The Balaban J connectivity index is 1.79. The van der Waals surface area contributed by atoms with Gasteiger partial charge in [0.2, 0.25) is 15.9 Å². The Kier molecular flexibility index (Phi) is 3.92. The van der Waals surface area contributed by atoms with Crippen LogP contribution < -0.4 is 4.90 Å². The molecule has 1 unspecified atom stereocenters. The monoisotopic (exact) mass is 348 g/mol. The van der Waals surface area contributed by atoms with E-state index in [2.05, 4.69) is 0 Å². The number of nitrogens with zero attached hydrogens (tertiary/aromatic N) is 2. The second kappa shape index (κ2) is 5.85. The Labute approximate surface area is 143 Å². The lowest BCUT2D eigenvalue weighted by atomic mass is 9.97. The van der Waals surface area contributed by atoms with Crippen LogP contribution in [0, 0.1) is 0 Å². The molecule has 1 atom stereocenters. The molecule has 1 aromatic carbocycles. The van der Waals surface area contributed by atoms with Gasteiger partial charge in [-0.15, -0.1) is 0 Å². The maximum absolute atomic E-state index is 13.1. The summed E-state index contributed by atoms with van der Waals surface area (Å²) >= 11 is 0. The van der Waals surface area contributed by atoms with E-state index in [1.54, 1.807) is 10.4 Å². The molecule has 6 heteroatoms. The van der Waals surface area contributed by atoms with Crippen LogP contribution in [-0.4, -0.2) is 38.3 Å². The molecule has 130 valence electrons. The van der Waals surface area contributed by atoms with E-state index in [4.69, 9.17) is 0 Å². The van der Waals surface area contributed by atoms with Gasteiger partial charge >= 0.3 is 0 Å². The molecule has 1 amide bonds. The van der Waals surface area contributed by atoms with Crippen molar-refractivity contribution < 1.29 is 13.2 Å². The van der Waals surface area contributed by atoms with Gasteiger partial charge in [0.1, 0.15) is 0 Å². The van der Waals surface area contributed by atoms with Gasteiger partial charge in [0.25, 0.3) is 0 Å². The lowest BCUT2D eigenvalue weighted by Crippen LogP contribution is -2.33. The lowest BCUT2D eigenvalue weighted by molar-refractivity contribution is -0.119. The molecule has 3 aliphatic heterocycles. The molecular weight excluding hydrogens is 324 g/mol. The van der Waals surface area contributed by atoms with E-state index in [-0.39, 0.29) is 11.8 Å². The zero-order valence-electron chi connectivity index (χ0n) is 14.1. The zero-order valence-corrected chi connectivity index (χ0v) is 14.9. The van der Waals surface area contributed by atoms with Crippen LogP contribution in [0.25, 0.3) is 0 Å². The fourth-order valence-electron chi connectivity index (χ4n) is 4.25. The Bertz CT molecular complexity index is 780. The number of carbonyl (C=O) groups excluding carboxylic acids is 1. The number of amides is 1. The molecule has 24 heavy (non-hydrogen) atoms. The van der Waals surface area contributed by atoms with E-state index in [0.717, 1.165) is 61.9 Å². The van der Waals surface area contributed by atoms with Crippen LogP contribution in [-0.2, 0) is 21.2 Å². The third-order valence-corrected chi connectivity index (χ3v) is 7.47. The summed E-state index contributed by atoms with van der Waals surface area (Å²) in [4.78, 5) is 14.7. The molecule has 0 aromatic heterocycles. The van der Waals surface area contributed by atoms with E-state index in [1.807, 2.05) is 17.9 Å². The predicted octanol–water partition coefficient (Wildman–Crippen LogP) is 2.65. The quantitative estimate of drug-likeness (QED) is 0.825. The van der Waals surface area contributed by atoms with Gasteiger partial charge in [-0.05, 0) is 55.9 Å². The molecule has 1 aromatic rings. The highest BCUT2D eigenvalue weighted by Crippen LogP contribution is 2.44. The summed E-state index contributed by atoms with van der Waals surface area (Å²) in [6.45, 7) is 3.85. The predicted molar refractivity (Wildman–Crippen MR) is 92.8 cm³/mol. The summed E-state index contributed by atoms with van der Waals surface area (Å²) in [5.41, 5.74) is 2.89. The highest BCUT2D eigenvalue weighted by atomic mass is 32.2. The van der Waals surface area contributed by atoms with Crippen LogP contribution in [0.3, 0.4) is 0 Å². The van der Waals surface area contributed by atoms with Crippen molar-refractivity contribution in [1.82, 2.24) is 4.31 Å². The van der Waals surface area contributed by atoms with Gasteiger partial charge in [-0.3, -0.25) is 4.79 Å². The average molecular weight is 348 g/mol. The first kappa shape index (κ1) is 16.1. The number of hydrogen-bond donors (Lipinski definition) is 0. The van der Waals surface area contributed by atoms with E-state index >= 15 is 0 Å². The van der Waals surface area contributed by atoms with Crippen LogP contribution in [0.5, 0.6) is 0 Å². The third kappa shape index (κ3) is 2.39. The fraction of sp³-hybridized carbons (Fsp3) is 0.611. The minimum Gasteiger partial charge on any atom is -0.311 e. The minimum atomic E-state index is -3.47. The Morgan fingerprint density at radius 3 is 2.42 bits per heavy atom. The van der Waals surface area contributed by atoms with Crippen molar-refractivity contribution in [3.8, 4) is 0 Å². The SMILES string of the molecule is CC1C(=O)N2CCCc3cc(S(=O)(=O)N4CCCCCC4)cc1c32. The molecule has 0 bridgehead atoms. The summed E-state index contributed by atoms with van der Waals surface area (Å²) in [7, 11) is -3.47. The molecule has 0 radical (unpaired) electrons. The largest absolute Gasteiger partial charge is 0.311 e. The van der Waals surface area contributed by atoms with Gasteiger partial charge in [0.05, 0.1) is 16.5 Å². The number of carbonyl (C=O) groups is 1. The number of anilines is 1. The van der Waals surface area contributed by atoms with Crippen LogP contribution in [0.15, 0.2) is 17.0 Å². The van der Waals surface area contributed by atoms with Crippen molar-refractivity contribution >= 4 is 21.6 Å². The summed E-state index contributed by atoms with van der Waals surface area (Å²) in [6.07, 6.45) is 5.81. The standard InChI is InChI=1S/C18H24N2O3S/c1-13-16-12-15(24(22,23)19-8-4-2-3-5-9-19)11-14-7-6-10-20(17(14)16)18(13)21/h11-13H,2-10H2,1H3. The molecule has 1 saturated heterocycles. The van der Waals surface area contributed by atoms with Crippen molar-refractivity contribution in [2.45, 2.75) is 56.3 Å². The molecule has 3 heterocycles. The lowest BCUT2D eigenvalue weighted by Gasteiger charge is -2.27. The van der Waals surface area contributed by atoms with Crippen molar-refractivity contribution in [1.29, 1.82) is 0 Å². The summed E-state index contributed by atoms with van der Waals surface area (Å²) in [6, 6.07) is 3.57. The molecule has 5 nitrogen and oxygen atoms in total. The molecule has 0 saturated carbocycles. The Hall–Kier alpha value is -1.40. The van der Waals surface area contributed by atoms with Crippen LogP contribution in [0.2, 0.25) is 0 Å². The van der Waals surface area contributed by atoms with Crippen LogP contribution in [0.1, 0.15) is 56.1 Å². The number of hydrogen-bond acceptors (Lipinski definition) is 3. The second-order valence-electron chi connectivity index (χ2n) is 7.15. The molecular formula is C18H24N2O3S. The van der Waals surface area contributed by atoms with E-state index in [0.29, 0.717) is 18.0 Å². The normalized spacial score (nSPS) is 24.8. The maximum atomic E-state index is 13.1.